The van der Waals surface area contributed by atoms with Crippen LogP contribution in [0.15, 0.2) is 6.20 Å². The van der Waals surface area contributed by atoms with E-state index in [0.29, 0.717) is 17.9 Å². The van der Waals surface area contributed by atoms with Gasteiger partial charge in [-0.25, -0.2) is 0 Å². The summed E-state index contributed by atoms with van der Waals surface area (Å²) in [6, 6.07) is 0.546. The number of rotatable bonds is 5. The first-order valence-electron chi connectivity index (χ1n) is 5.60. The standard InChI is InChI=1S/C11H22N4/c1-8(2)12-6-9(3)10(4)11-7-13-14-15(11)5/h7-10,12H,6H2,1-5H3. The van der Waals surface area contributed by atoms with E-state index in [-0.39, 0.29) is 0 Å². The zero-order valence-corrected chi connectivity index (χ0v) is 10.4. The molecule has 0 aliphatic heterocycles. The number of aromatic nitrogens is 3. The third-order valence-corrected chi connectivity index (χ3v) is 2.92. The van der Waals surface area contributed by atoms with Crippen LogP contribution in [0.1, 0.15) is 39.3 Å². The van der Waals surface area contributed by atoms with E-state index in [4.69, 9.17) is 0 Å². The smallest absolute Gasteiger partial charge is 0.0727 e. The topological polar surface area (TPSA) is 42.7 Å². The van der Waals surface area contributed by atoms with Crippen molar-refractivity contribution in [2.24, 2.45) is 13.0 Å². The van der Waals surface area contributed by atoms with Gasteiger partial charge in [-0.05, 0) is 12.5 Å². The Hall–Kier alpha value is -0.900. The summed E-state index contributed by atoms with van der Waals surface area (Å²) < 4.78 is 1.86. The van der Waals surface area contributed by atoms with Gasteiger partial charge in [0.2, 0.25) is 0 Å². The molecule has 0 amide bonds. The van der Waals surface area contributed by atoms with Gasteiger partial charge in [-0.1, -0.05) is 32.9 Å². The van der Waals surface area contributed by atoms with Crippen molar-refractivity contribution in [2.45, 2.75) is 39.7 Å². The Morgan fingerprint density at radius 2 is 2.00 bits per heavy atom. The molecular weight excluding hydrogens is 188 g/mol. The van der Waals surface area contributed by atoms with Gasteiger partial charge in [0.15, 0.2) is 0 Å². The van der Waals surface area contributed by atoms with E-state index in [2.05, 4.69) is 43.3 Å². The summed E-state index contributed by atoms with van der Waals surface area (Å²) in [7, 11) is 1.95. The molecule has 0 saturated carbocycles. The Labute approximate surface area is 92.1 Å². The minimum Gasteiger partial charge on any atom is -0.314 e. The molecule has 0 aliphatic carbocycles. The third-order valence-electron chi connectivity index (χ3n) is 2.92. The van der Waals surface area contributed by atoms with E-state index < -0.39 is 0 Å². The molecule has 0 aliphatic rings. The highest BCUT2D eigenvalue weighted by molar-refractivity contribution is 5.03. The SMILES string of the molecule is CC(C)NCC(C)C(C)c1cnnn1C. The quantitative estimate of drug-likeness (QED) is 0.802. The van der Waals surface area contributed by atoms with Gasteiger partial charge in [-0.15, -0.1) is 5.10 Å². The maximum Gasteiger partial charge on any atom is 0.0727 e. The molecule has 0 saturated heterocycles. The van der Waals surface area contributed by atoms with E-state index in [1.807, 2.05) is 17.9 Å². The van der Waals surface area contributed by atoms with Crippen molar-refractivity contribution in [1.82, 2.24) is 20.3 Å². The molecule has 1 N–H and O–H groups in total. The molecule has 0 aromatic carbocycles. The molecule has 2 unspecified atom stereocenters. The lowest BCUT2D eigenvalue weighted by atomic mass is 9.93. The van der Waals surface area contributed by atoms with Crippen LogP contribution in [0.3, 0.4) is 0 Å². The van der Waals surface area contributed by atoms with Crippen LogP contribution in [0.2, 0.25) is 0 Å². The van der Waals surface area contributed by atoms with Crippen LogP contribution in [0, 0.1) is 5.92 Å². The van der Waals surface area contributed by atoms with Gasteiger partial charge < -0.3 is 5.32 Å². The van der Waals surface area contributed by atoms with Crippen LogP contribution in [-0.4, -0.2) is 27.6 Å². The molecule has 4 nitrogen and oxygen atoms in total. The molecule has 86 valence electrons. The van der Waals surface area contributed by atoms with E-state index in [0.717, 1.165) is 6.54 Å². The minimum atomic E-state index is 0.483. The molecule has 1 aromatic heterocycles. The molecule has 15 heavy (non-hydrogen) atoms. The van der Waals surface area contributed by atoms with Crippen LogP contribution in [0.4, 0.5) is 0 Å². The van der Waals surface area contributed by atoms with Crippen molar-refractivity contribution >= 4 is 0 Å². The van der Waals surface area contributed by atoms with Crippen LogP contribution in [-0.2, 0) is 7.05 Å². The number of aryl methyl sites for hydroxylation is 1. The highest BCUT2D eigenvalue weighted by Crippen LogP contribution is 2.21. The van der Waals surface area contributed by atoms with Crippen LogP contribution >= 0.6 is 0 Å². The van der Waals surface area contributed by atoms with E-state index in [9.17, 15) is 0 Å². The van der Waals surface area contributed by atoms with Crippen molar-refractivity contribution in [1.29, 1.82) is 0 Å². The monoisotopic (exact) mass is 210 g/mol. The molecule has 0 fully saturated rings. The maximum atomic E-state index is 3.96. The van der Waals surface area contributed by atoms with Crippen LogP contribution in [0.25, 0.3) is 0 Å². The average Bonchev–Trinajstić information content (AvgIpc) is 2.59. The van der Waals surface area contributed by atoms with Gasteiger partial charge in [-0.3, -0.25) is 4.68 Å². The summed E-state index contributed by atoms with van der Waals surface area (Å²) in [5, 5.41) is 11.3. The van der Waals surface area contributed by atoms with Gasteiger partial charge in [-0.2, -0.15) is 0 Å². The van der Waals surface area contributed by atoms with Gasteiger partial charge in [0.05, 0.1) is 11.9 Å². The Kier molecular flexibility index (Phi) is 4.27. The highest BCUT2D eigenvalue weighted by Gasteiger charge is 2.17. The van der Waals surface area contributed by atoms with Crippen molar-refractivity contribution in [3.63, 3.8) is 0 Å². The molecule has 4 heteroatoms. The largest absolute Gasteiger partial charge is 0.314 e. The van der Waals surface area contributed by atoms with Gasteiger partial charge in [0.1, 0.15) is 0 Å². The molecule has 2 atom stereocenters. The zero-order valence-electron chi connectivity index (χ0n) is 10.4. The van der Waals surface area contributed by atoms with Crippen LogP contribution < -0.4 is 5.32 Å². The molecule has 1 rings (SSSR count). The number of hydrogen-bond acceptors (Lipinski definition) is 3. The first-order chi connectivity index (χ1) is 7.02. The van der Waals surface area contributed by atoms with Crippen molar-refractivity contribution < 1.29 is 0 Å². The Morgan fingerprint density at radius 3 is 2.47 bits per heavy atom. The normalized spacial score (nSPS) is 15.6. The predicted octanol–water partition coefficient (Wildman–Crippen LogP) is 1.55. The van der Waals surface area contributed by atoms with Crippen molar-refractivity contribution in [2.75, 3.05) is 6.54 Å². The van der Waals surface area contributed by atoms with E-state index >= 15 is 0 Å². The molecule has 1 heterocycles. The Bertz CT molecular complexity index is 293. The summed E-state index contributed by atoms with van der Waals surface area (Å²) in [6.45, 7) is 9.86. The van der Waals surface area contributed by atoms with Gasteiger partial charge >= 0.3 is 0 Å². The van der Waals surface area contributed by atoms with Crippen molar-refractivity contribution in [3.8, 4) is 0 Å². The molecule has 0 radical (unpaired) electrons. The number of nitrogens with one attached hydrogen (secondary N) is 1. The second-order valence-electron chi connectivity index (χ2n) is 4.61. The summed E-state index contributed by atoms with van der Waals surface area (Å²) in [4.78, 5) is 0. The lowest BCUT2D eigenvalue weighted by Crippen LogP contribution is -2.30. The first-order valence-corrected chi connectivity index (χ1v) is 5.60. The summed E-state index contributed by atoms with van der Waals surface area (Å²) in [5.41, 5.74) is 1.20. The van der Waals surface area contributed by atoms with Gasteiger partial charge in [0, 0.05) is 19.0 Å². The van der Waals surface area contributed by atoms with Crippen LogP contribution in [0.5, 0.6) is 0 Å². The van der Waals surface area contributed by atoms with Crippen molar-refractivity contribution in [3.05, 3.63) is 11.9 Å². The fourth-order valence-electron chi connectivity index (χ4n) is 1.60. The average molecular weight is 210 g/mol. The fourth-order valence-corrected chi connectivity index (χ4v) is 1.60. The fraction of sp³-hybridized carbons (Fsp3) is 0.818. The summed E-state index contributed by atoms with van der Waals surface area (Å²) in [6.07, 6.45) is 1.86. The first kappa shape index (κ1) is 12.2. The van der Waals surface area contributed by atoms with E-state index in [1.54, 1.807) is 0 Å². The molecule has 0 bridgehead atoms. The Balaban J connectivity index is 2.53. The second-order valence-corrected chi connectivity index (χ2v) is 4.61. The predicted molar refractivity (Wildman–Crippen MR) is 61.7 cm³/mol. The van der Waals surface area contributed by atoms with E-state index in [1.165, 1.54) is 5.69 Å². The highest BCUT2D eigenvalue weighted by atomic mass is 15.4. The maximum absolute atomic E-state index is 3.96. The lowest BCUT2D eigenvalue weighted by Gasteiger charge is -2.21. The summed E-state index contributed by atoms with van der Waals surface area (Å²) in [5.74, 6) is 1.07. The molecule has 0 spiro atoms. The lowest BCUT2D eigenvalue weighted by molar-refractivity contribution is 0.412. The number of hydrogen-bond donors (Lipinski definition) is 1. The van der Waals surface area contributed by atoms with Gasteiger partial charge in [0.25, 0.3) is 0 Å². The zero-order chi connectivity index (χ0) is 11.4. The molecule has 1 aromatic rings. The number of nitrogens with zero attached hydrogens (tertiary/aromatic N) is 3. The third kappa shape index (κ3) is 3.30. The second kappa shape index (κ2) is 5.26. The molecular formula is C11H22N4. The minimum absolute atomic E-state index is 0.483. The Morgan fingerprint density at radius 1 is 1.33 bits per heavy atom. The summed E-state index contributed by atoms with van der Waals surface area (Å²) >= 11 is 0.